The average Bonchev–Trinajstić information content (AvgIpc) is 3.24. The Balaban J connectivity index is 4.47. The van der Waals surface area contributed by atoms with E-state index >= 15 is 0 Å². The van der Waals surface area contributed by atoms with Gasteiger partial charge in [-0.25, -0.2) is 0 Å². The molecular formula is C54H92O6. The van der Waals surface area contributed by atoms with Crippen molar-refractivity contribution >= 4 is 17.9 Å². The Morgan fingerprint density at radius 2 is 0.667 bits per heavy atom. The molecule has 0 aliphatic rings. The third kappa shape index (κ3) is 45.9. The number of carbonyl (C=O) groups is 3. The average molecular weight is 837 g/mol. The maximum atomic E-state index is 12.8. The summed E-state index contributed by atoms with van der Waals surface area (Å²) in [5.74, 6) is -0.964. The SMILES string of the molecule is CC/C=C\C/C=C\C/C=C\C/C=C\C/C=C\CCCC(=O)OC[C@@H](COC(=O)CCCCCCC/C=C\CCCCC)OC(=O)CCCCCCCCCCCCCCC. The number of esters is 3. The molecule has 0 bridgehead atoms. The van der Waals surface area contributed by atoms with Crippen molar-refractivity contribution in [2.24, 2.45) is 0 Å². The molecule has 0 radical (unpaired) electrons. The second-order valence-corrected chi connectivity index (χ2v) is 16.3. The quantitative estimate of drug-likeness (QED) is 0.0263. The van der Waals surface area contributed by atoms with E-state index in [2.05, 4.69) is 93.7 Å². The molecule has 0 rings (SSSR count). The molecule has 0 spiro atoms. The van der Waals surface area contributed by atoms with E-state index in [-0.39, 0.29) is 37.5 Å². The molecule has 6 heteroatoms. The molecule has 0 saturated heterocycles. The maximum absolute atomic E-state index is 12.8. The predicted molar refractivity (Wildman–Crippen MR) is 256 cm³/mol. The summed E-state index contributed by atoms with van der Waals surface area (Å²) in [6.45, 7) is 6.44. The second kappa shape index (κ2) is 48.5. The molecule has 0 saturated carbocycles. The Morgan fingerprint density at radius 3 is 1.13 bits per heavy atom. The summed E-state index contributed by atoms with van der Waals surface area (Å²) < 4.78 is 16.7. The first kappa shape index (κ1) is 56.9. The first-order chi connectivity index (χ1) is 29.5. The molecule has 0 aliphatic heterocycles. The van der Waals surface area contributed by atoms with E-state index in [0.717, 1.165) is 83.5 Å². The molecule has 0 amide bonds. The van der Waals surface area contributed by atoms with Crippen molar-refractivity contribution in [3.8, 4) is 0 Å². The van der Waals surface area contributed by atoms with Crippen LogP contribution in [0.2, 0.25) is 0 Å². The highest BCUT2D eigenvalue weighted by molar-refractivity contribution is 5.71. The van der Waals surface area contributed by atoms with Gasteiger partial charge in [0, 0.05) is 19.3 Å². The molecule has 0 heterocycles. The summed E-state index contributed by atoms with van der Waals surface area (Å²) in [4.78, 5) is 37.9. The first-order valence-electron chi connectivity index (χ1n) is 24.9. The van der Waals surface area contributed by atoms with E-state index in [4.69, 9.17) is 14.2 Å². The van der Waals surface area contributed by atoms with Crippen LogP contribution in [0.4, 0.5) is 0 Å². The zero-order valence-corrected chi connectivity index (χ0v) is 39.2. The molecule has 0 fully saturated rings. The normalized spacial score (nSPS) is 12.7. The monoisotopic (exact) mass is 837 g/mol. The van der Waals surface area contributed by atoms with E-state index in [1.54, 1.807) is 0 Å². The van der Waals surface area contributed by atoms with Crippen molar-refractivity contribution in [3.63, 3.8) is 0 Å². The lowest BCUT2D eigenvalue weighted by Gasteiger charge is -2.18. The smallest absolute Gasteiger partial charge is 0.306 e. The van der Waals surface area contributed by atoms with Gasteiger partial charge in [-0.1, -0.05) is 203 Å². The summed E-state index contributed by atoms with van der Waals surface area (Å²) in [5, 5.41) is 0. The molecular weight excluding hydrogens is 745 g/mol. The minimum Gasteiger partial charge on any atom is -0.462 e. The highest BCUT2D eigenvalue weighted by Crippen LogP contribution is 2.14. The summed E-state index contributed by atoms with van der Waals surface area (Å²) in [5.41, 5.74) is 0. The number of rotatable bonds is 44. The lowest BCUT2D eigenvalue weighted by molar-refractivity contribution is -0.167. The maximum Gasteiger partial charge on any atom is 0.306 e. The Kier molecular flexibility index (Phi) is 46.0. The van der Waals surface area contributed by atoms with Gasteiger partial charge in [-0.2, -0.15) is 0 Å². The number of ether oxygens (including phenoxy) is 3. The first-order valence-corrected chi connectivity index (χ1v) is 24.9. The molecule has 0 aromatic heterocycles. The van der Waals surface area contributed by atoms with Gasteiger partial charge in [0.25, 0.3) is 0 Å². The summed E-state index contributed by atoms with van der Waals surface area (Å²) >= 11 is 0. The molecule has 0 aromatic rings. The van der Waals surface area contributed by atoms with Gasteiger partial charge in [0.1, 0.15) is 13.2 Å². The van der Waals surface area contributed by atoms with Crippen LogP contribution in [0.3, 0.4) is 0 Å². The van der Waals surface area contributed by atoms with Gasteiger partial charge < -0.3 is 14.2 Å². The van der Waals surface area contributed by atoms with Gasteiger partial charge in [0.05, 0.1) is 0 Å². The van der Waals surface area contributed by atoms with Crippen LogP contribution in [0.25, 0.3) is 0 Å². The van der Waals surface area contributed by atoms with Crippen LogP contribution in [-0.4, -0.2) is 37.2 Å². The fourth-order valence-electron chi connectivity index (χ4n) is 6.71. The number of carbonyl (C=O) groups excluding carboxylic acids is 3. The molecule has 344 valence electrons. The van der Waals surface area contributed by atoms with Gasteiger partial charge in [-0.3, -0.25) is 14.4 Å². The topological polar surface area (TPSA) is 78.9 Å². The minimum absolute atomic E-state index is 0.0961. The Hall–Kier alpha value is -3.15. The highest BCUT2D eigenvalue weighted by Gasteiger charge is 2.19. The van der Waals surface area contributed by atoms with Crippen LogP contribution >= 0.6 is 0 Å². The molecule has 0 unspecified atom stereocenters. The van der Waals surface area contributed by atoms with E-state index in [9.17, 15) is 14.4 Å². The van der Waals surface area contributed by atoms with E-state index in [0.29, 0.717) is 19.3 Å². The van der Waals surface area contributed by atoms with Gasteiger partial charge in [-0.05, 0) is 83.5 Å². The van der Waals surface area contributed by atoms with E-state index in [1.165, 1.54) is 103 Å². The number of hydrogen-bond acceptors (Lipinski definition) is 6. The molecule has 0 aromatic carbocycles. The molecule has 6 nitrogen and oxygen atoms in total. The number of allylic oxidation sites excluding steroid dienone is 12. The van der Waals surface area contributed by atoms with Gasteiger partial charge >= 0.3 is 17.9 Å². The fourth-order valence-corrected chi connectivity index (χ4v) is 6.71. The minimum atomic E-state index is -0.798. The van der Waals surface area contributed by atoms with Crippen LogP contribution in [0.1, 0.15) is 233 Å². The lowest BCUT2D eigenvalue weighted by atomic mass is 10.0. The van der Waals surface area contributed by atoms with E-state index in [1.807, 2.05) is 0 Å². The van der Waals surface area contributed by atoms with Crippen LogP contribution < -0.4 is 0 Å². The van der Waals surface area contributed by atoms with Crippen molar-refractivity contribution < 1.29 is 28.6 Å². The standard InChI is InChI=1S/C54H92O6/c1-4-7-10-13-16-19-22-25-26-27-28-30-32-35-38-41-44-47-53(56)59-50-51(49-58-52(55)46-43-40-37-34-31-24-21-18-15-12-9-6-3)60-54(57)48-45-42-39-36-33-29-23-20-17-14-11-8-5-2/h7,10,16,18-19,21,25-26,28,30,35,38,51H,4-6,8-9,11-15,17,20,22-24,27,29,31-34,36-37,39-50H2,1-3H3/b10-7-,19-16-,21-18-,26-25-,30-28-,38-35-/t51-/m1/s1. The van der Waals surface area contributed by atoms with Gasteiger partial charge in [0.2, 0.25) is 0 Å². The summed E-state index contributed by atoms with van der Waals surface area (Å²) in [6, 6.07) is 0. The van der Waals surface area contributed by atoms with Crippen molar-refractivity contribution in [1.82, 2.24) is 0 Å². The number of hydrogen-bond donors (Lipinski definition) is 0. The lowest BCUT2D eigenvalue weighted by Crippen LogP contribution is -2.30. The van der Waals surface area contributed by atoms with E-state index < -0.39 is 6.10 Å². The van der Waals surface area contributed by atoms with Crippen LogP contribution in [0.5, 0.6) is 0 Å². The number of unbranched alkanes of at least 4 members (excludes halogenated alkanes) is 21. The van der Waals surface area contributed by atoms with Gasteiger partial charge in [0.15, 0.2) is 6.10 Å². The summed E-state index contributed by atoms with van der Waals surface area (Å²) in [6.07, 6.45) is 60.3. The zero-order chi connectivity index (χ0) is 43.7. The third-order valence-electron chi connectivity index (χ3n) is 10.4. The molecule has 0 aliphatic carbocycles. The Bertz CT molecular complexity index is 1140. The van der Waals surface area contributed by atoms with Crippen molar-refractivity contribution in [3.05, 3.63) is 72.9 Å². The van der Waals surface area contributed by atoms with Crippen molar-refractivity contribution in [2.45, 2.75) is 239 Å². The summed E-state index contributed by atoms with van der Waals surface area (Å²) in [7, 11) is 0. The Labute approximate surface area is 370 Å². The zero-order valence-electron chi connectivity index (χ0n) is 39.2. The van der Waals surface area contributed by atoms with Crippen molar-refractivity contribution in [2.75, 3.05) is 13.2 Å². The predicted octanol–water partition coefficient (Wildman–Crippen LogP) is 16.3. The molecule has 0 N–H and O–H groups in total. The fraction of sp³-hybridized carbons (Fsp3) is 0.722. The van der Waals surface area contributed by atoms with Crippen LogP contribution in [-0.2, 0) is 28.6 Å². The second-order valence-electron chi connectivity index (χ2n) is 16.3. The Morgan fingerprint density at radius 1 is 0.350 bits per heavy atom. The molecule has 60 heavy (non-hydrogen) atoms. The largest absolute Gasteiger partial charge is 0.462 e. The van der Waals surface area contributed by atoms with Crippen LogP contribution in [0, 0.1) is 0 Å². The third-order valence-corrected chi connectivity index (χ3v) is 10.4. The molecule has 1 atom stereocenters. The van der Waals surface area contributed by atoms with Gasteiger partial charge in [-0.15, -0.1) is 0 Å². The highest BCUT2D eigenvalue weighted by atomic mass is 16.6. The van der Waals surface area contributed by atoms with Crippen LogP contribution in [0.15, 0.2) is 72.9 Å². The van der Waals surface area contributed by atoms with Crippen molar-refractivity contribution in [1.29, 1.82) is 0 Å².